The monoisotopic (exact) mass is 309 g/mol. The predicted molar refractivity (Wildman–Crippen MR) is 88.6 cm³/mol. The topological polar surface area (TPSA) is 38.1 Å². The van der Waals surface area contributed by atoms with Gasteiger partial charge in [-0.3, -0.25) is 4.79 Å². The molecule has 0 atom stereocenters. The second-order valence-corrected chi connectivity index (χ2v) is 6.90. The third kappa shape index (κ3) is 5.73. The third-order valence-corrected chi connectivity index (χ3v) is 5.02. The second-order valence-electron chi connectivity index (χ2n) is 5.68. The summed E-state index contributed by atoms with van der Waals surface area (Å²) in [5.41, 5.74) is 0. The number of hydrogen-bond donors (Lipinski definition) is 0. The minimum Gasteiger partial charge on any atom is -0.341 e. The van der Waals surface area contributed by atoms with Crippen LogP contribution >= 0.6 is 11.8 Å². The highest BCUT2D eigenvalue weighted by Crippen LogP contribution is 2.13. The van der Waals surface area contributed by atoms with Gasteiger partial charge < -0.3 is 9.47 Å². The molecule has 0 N–H and O–H groups in total. The van der Waals surface area contributed by atoms with E-state index in [9.17, 15) is 4.79 Å². The highest BCUT2D eigenvalue weighted by Gasteiger charge is 2.15. The Bertz CT molecular complexity index is 427. The van der Waals surface area contributed by atoms with Gasteiger partial charge in [0.2, 0.25) is 5.91 Å². The zero-order valence-corrected chi connectivity index (χ0v) is 13.9. The van der Waals surface area contributed by atoms with Gasteiger partial charge in [-0.15, -0.1) is 0 Å². The molecule has 4 nitrogen and oxygen atoms in total. The molecule has 0 aromatic carbocycles. The highest BCUT2D eigenvalue weighted by molar-refractivity contribution is 7.99. The summed E-state index contributed by atoms with van der Waals surface area (Å²) in [4.78, 5) is 18.3. The van der Waals surface area contributed by atoms with Crippen molar-refractivity contribution in [2.75, 3.05) is 24.6 Å². The van der Waals surface area contributed by atoms with Crippen molar-refractivity contribution in [1.82, 2.24) is 14.5 Å². The van der Waals surface area contributed by atoms with E-state index >= 15 is 0 Å². The summed E-state index contributed by atoms with van der Waals surface area (Å²) in [6, 6.07) is 0. The summed E-state index contributed by atoms with van der Waals surface area (Å²) in [6.07, 6.45) is 10.6. The van der Waals surface area contributed by atoms with Gasteiger partial charge in [0.15, 0.2) is 0 Å². The van der Waals surface area contributed by atoms with Crippen LogP contribution in [0.4, 0.5) is 0 Å². The standard InChI is InChI=1S/C16H27N3OS/c1-15-17-8-10-18(15)9-6-4-2-3-5-7-16(20)19-11-13-21-14-12-19/h8,10H,2-7,9,11-14H2,1H3. The van der Waals surface area contributed by atoms with E-state index in [1.807, 2.05) is 36.0 Å². The van der Waals surface area contributed by atoms with Crippen LogP contribution in [0.5, 0.6) is 0 Å². The molecule has 118 valence electrons. The van der Waals surface area contributed by atoms with Crippen LogP contribution in [0.2, 0.25) is 0 Å². The van der Waals surface area contributed by atoms with Gasteiger partial charge in [0.25, 0.3) is 0 Å². The molecule has 5 heteroatoms. The first kappa shape index (κ1) is 16.4. The van der Waals surface area contributed by atoms with Crippen LogP contribution in [0.3, 0.4) is 0 Å². The Hall–Kier alpha value is -0.970. The molecule has 1 aliphatic rings. The van der Waals surface area contributed by atoms with E-state index in [0.717, 1.165) is 49.8 Å². The van der Waals surface area contributed by atoms with E-state index in [-0.39, 0.29) is 0 Å². The van der Waals surface area contributed by atoms with Gasteiger partial charge in [-0.1, -0.05) is 19.3 Å². The van der Waals surface area contributed by atoms with Gasteiger partial charge in [0, 0.05) is 50.0 Å². The molecule has 21 heavy (non-hydrogen) atoms. The van der Waals surface area contributed by atoms with Gasteiger partial charge in [0.05, 0.1) is 0 Å². The van der Waals surface area contributed by atoms with Crippen LogP contribution in [0.25, 0.3) is 0 Å². The molecule has 1 amide bonds. The Morgan fingerprint density at radius 3 is 2.62 bits per heavy atom. The number of unbranched alkanes of at least 4 members (excludes halogenated alkanes) is 4. The van der Waals surface area contributed by atoms with E-state index in [2.05, 4.69) is 9.55 Å². The molecule has 0 bridgehead atoms. The van der Waals surface area contributed by atoms with Crippen LogP contribution in [-0.4, -0.2) is 45.0 Å². The molecule has 0 aliphatic carbocycles. The van der Waals surface area contributed by atoms with Crippen LogP contribution in [0, 0.1) is 6.92 Å². The van der Waals surface area contributed by atoms with Crippen molar-refractivity contribution in [3.63, 3.8) is 0 Å². The zero-order chi connectivity index (χ0) is 14.9. The predicted octanol–water partition coefficient (Wildman–Crippen LogP) is 3.11. The van der Waals surface area contributed by atoms with Crippen molar-refractivity contribution in [2.24, 2.45) is 0 Å². The molecule has 1 aliphatic heterocycles. The molecular weight excluding hydrogens is 282 g/mol. The van der Waals surface area contributed by atoms with Crippen LogP contribution in [0.1, 0.15) is 44.3 Å². The number of imidazole rings is 1. The molecule has 1 fully saturated rings. The summed E-state index contributed by atoms with van der Waals surface area (Å²) < 4.78 is 2.21. The quantitative estimate of drug-likeness (QED) is 0.693. The summed E-state index contributed by atoms with van der Waals surface area (Å²) in [5, 5.41) is 0. The van der Waals surface area contributed by atoms with Crippen LogP contribution in [0.15, 0.2) is 12.4 Å². The van der Waals surface area contributed by atoms with E-state index in [4.69, 9.17) is 0 Å². The van der Waals surface area contributed by atoms with Gasteiger partial charge in [-0.2, -0.15) is 11.8 Å². The minimum absolute atomic E-state index is 0.365. The average molecular weight is 309 g/mol. The lowest BCUT2D eigenvalue weighted by atomic mass is 10.1. The van der Waals surface area contributed by atoms with Crippen molar-refractivity contribution in [3.8, 4) is 0 Å². The van der Waals surface area contributed by atoms with Crippen molar-refractivity contribution < 1.29 is 4.79 Å². The van der Waals surface area contributed by atoms with E-state index in [1.165, 1.54) is 25.7 Å². The number of rotatable bonds is 8. The lowest BCUT2D eigenvalue weighted by molar-refractivity contribution is -0.130. The van der Waals surface area contributed by atoms with Crippen LogP contribution < -0.4 is 0 Å². The molecule has 2 heterocycles. The minimum atomic E-state index is 0.365. The lowest BCUT2D eigenvalue weighted by Crippen LogP contribution is -2.37. The first-order valence-corrected chi connectivity index (χ1v) is 9.26. The molecule has 1 saturated heterocycles. The Morgan fingerprint density at radius 1 is 1.19 bits per heavy atom. The number of carbonyl (C=O) groups excluding carboxylic acids is 1. The SMILES string of the molecule is Cc1nccn1CCCCCCCC(=O)N1CCSCC1. The van der Waals surface area contributed by atoms with Crippen molar-refractivity contribution in [2.45, 2.75) is 52.0 Å². The van der Waals surface area contributed by atoms with Gasteiger partial charge in [-0.25, -0.2) is 4.98 Å². The molecule has 0 radical (unpaired) electrons. The molecule has 0 unspecified atom stereocenters. The van der Waals surface area contributed by atoms with Crippen molar-refractivity contribution in [3.05, 3.63) is 18.2 Å². The summed E-state index contributed by atoms with van der Waals surface area (Å²) >= 11 is 1.95. The smallest absolute Gasteiger partial charge is 0.222 e. The van der Waals surface area contributed by atoms with Gasteiger partial charge in [0.1, 0.15) is 5.82 Å². The number of amides is 1. The Balaban J connectivity index is 1.46. The fraction of sp³-hybridized carbons (Fsp3) is 0.750. The molecule has 0 spiro atoms. The average Bonchev–Trinajstić information content (AvgIpc) is 2.92. The van der Waals surface area contributed by atoms with Gasteiger partial charge in [-0.05, 0) is 19.8 Å². The fourth-order valence-corrected chi connectivity index (χ4v) is 3.60. The first-order valence-electron chi connectivity index (χ1n) is 8.10. The maximum atomic E-state index is 12.0. The second kappa shape index (κ2) is 9.13. The highest BCUT2D eigenvalue weighted by atomic mass is 32.2. The number of aryl methyl sites for hydroxylation is 2. The van der Waals surface area contributed by atoms with Gasteiger partial charge >= 0.3 is 0 Å². The van der Waals surface area contributed by atoms with Crippen LogP contribution in [-0.2, 0) is 11.3 Å². The maximum Gasteiger partial charge on any atom is 0.222 e. The van der Waals surface area contributed by atoms with Crippen molar-refractivity contribution in [1.29, 1.82) is 0 Å². The molecule has 2 rings (SSSR count). The summed E-state index contributed by atoms with van der Waals surface area (Å²) in [6.45, 7) is 5.02. The Morgan fingerprint density at radius 2 is 1.90 bits per heavy atom. The van der Waals surface area contributed by atoms with E-state index < -0.39 is 0 Å². The number of thioether (sulfide) groups is 1. The largest absolute Gasteiger partial charge is 0.341 e. The normalized spacial score (nSPS) is 15.4. The maximum absolute atomic E-state index is 12.0. The Kier molecular flexibility index (Phi) is 7.13. The lowest BCUT2D eigenvalue weighted by Gasteiger charge is -2.26. The first-order chi connectivity index (χ1) is 10.3. The number of hydrogen-bond acceptors (Lipinski definition) is 3. The zero-order valence-electron chi connectivity index (χ0n) is 13.1. The van der Waals surface area contributed by atoms with Crippen molar-refractivity contribution >= 4 is 17.7 Å². The molecule has 1 aromatic heterocycles. The number of aromatic nitrogens is 2. The third-order valence-electron chi connectivity index (χ3n) is 4.08. The number of nitrogens with zero attached hydrogens (tertiary/aromatic N) is 3. The fourth-order valence-electron chi connectivity index (χ4n) is 2.70. The molecular formula is C16H27N3OS. The van der Waals surface area contributed by atoms with E-state index in [0.29, 0.717) is 5.91 Å². The number of carbonyl (C=O) groups is 1. The summed E-state index contributed by atoms with van der Waals surface area (Å²) in [7, 11) is 0. The molecule has 1 aromatic rings. The molecule has 0 saturated carbocycles. The Labute approximate surface area is 132 Å². The van der Waals surface area contributed by atoms with E-state index in [1.54, 1.807) is 0 Å². The summed E-state index contributed by atoms with van der Waals surface area (Å²) in [5.74, 6) is 3.68.